The van der Waals surface area contributed by atoms with Gasteiger partial charge in [0, 0.05) is 36.7 Å². The van der Waals surface area contributed by atoms with Gasteiger partial charge in [0.25, 0.3) is 0 Å². The Kier molecular flexibility index (Phi) is 6.62. The minimum Gasteiger partial charge on any atom is -0.350 e. The highest BCUT2D eigenvalue weighted by atomic mass is 32.2. The highest BCUT2D eigenvalue weighted by molar-refractivity contribution is 7.89. The van der Waals surface area contributed by atoms with E-state index < -0.39 is 16.1 Å². The van der Waals surface area contributed by atoms with Gasteiger partial charge < -0.3 is 9.88 Å². The minimum absolute atomic E-state index is 0.167. The normalized spacial score (nSPS) is 16.2. The number of aromatic nitrogens is 1. The first-order valence-electron chi connectivity index (χ1n) is 11.0. The van der Waals surface area contributed by atoms with Crippen molar-refractivity contribution in [3.8, 4) is 0 Å². The topological polar surface area (TPSA) is 71.4 Å². The average molecular weight is 458 g/mol. The van der Waals surface area contributed by atoms with Crippen LogP contribution in [0.4, 0.5) is 4.39 Å². The first kappa shape index (κ1) is 22.5. The van der Waals surface area contributed by atoms with Crippen LogP contribution in [0.5, 0.6) is 0 Å². The van der Waals surface area contributed by atoms with Crippen molar-refractivity contribution in [3.63, 3.8) is 0 Å². The maximum Gasteiger partial charge on any atom is 0.243 e. The molecule has 0 radical (unpaired) electrons. The zero-order valence-electron chi connectivity index (χ0n) is 18.1. The van der Waals surface area contributed by atoms with Gasteiger partial charge in [0.1, 0.15) is 11.9 Å². The number of rotatable bonds is 7. The Bertz CT molecular complexity index is 1220. The second-order valence-electron chi connectivity index (χ2n) is 8.18. The number of hydrogen-bond donors (Lipinski definition) is 1. The highest BCUT2D eigenvalue weighted by Crippen LogP contribution is 2.27. The van der Waals surface area contributed by atoms with Gasteiger partial charge in [-0.05, 0) is 61.2 Å². The molecule has 2 aromatic carbocycles. The zero-order chi connectivity index (χ0) is 22.7. The summed E-state index contributed by atoms with van der Waals surface area (Å²) in [5.41, 5.74) is 1.49. The third kappa shape index (κ3) is 4.56. The Morgan fingerprint density at radius 1 is 1.09 bits per heavy atom. The fourth-order valence-electron chi connectivity index (χ4n) is 4.29. The maximum absolute atomic E-state index is 13.4. The molecule has 1 fully saturated rings. The highest BCUT2D eigenvalue weighted by Gasteiger charge is 2.27. The van der Waals surface area contributed by atoms with Crippen molar-refractivity contribution < 1.29 is 17.6 Å². The molecule has 1 amide bonds. The first-order valence-corrected chi connectivity index (χ1v) is 12.5. The molecule has 0 bridgehead atoms. The lowest BCUT2D eigenvalue weighted by Gasteiger charge is -2.26. The van der Waals surface area contributed by atoms with E-state index in [0.29, 0.717) is 25.1 Å². The summed E-state index contributed by atoms with van der Waals surface area (Å²) in [5, 5.41) is 3.66. The summed E-state index contributed by atoms with van der Waals surface area (Å²) < 4.78 is 42.8. The van der Waals surface area contributed by atoms with Crippen LogP contribution in [0.3, 0.4) is 0 Å². The lowest BCUT2D eigenvalue weighted by atomic mass is 10.1. The van der Waals surface area contributed by atoms with Crippen molar-refractivity contribution in [1.82, 2.24) is 14.2 Å². The summed E-state index contributed by atoms with van der Waals surface area (Å²) in [4.78, 5) is 13.2. The van der Waals surface area contributed by atoms with Crippen molar-refractivity contribution in [2.45, 2.75) is 50.1 Å². The molecule has 0 unspecified atom stereocenters. The second kappa shape index (κ2) is 9.42. The Morgan fingerprint density at radius 2 is 1.88 bits per heavy atom. The smallest absolute Gasteiger partial charge is 0.243 e. The summed E-state index contributed by atoms with van der Waals surface area (Å²) in [5.74, 6) is -0.505. The number of halogens is 1. The number of hydrogen-bond acceptors (Lipinski definition) is 3. The molecule has 170 valence electrons. The number of nitrogens with one attached hydrogen (secondary N) is 1. The predicted molar refractivity (Wildman–Crippen MR) is 122 cm³/mol. The Hall–Kier alpha value is -2.71. The first-order chi connectivity index (χ1) is 15.4. The van der Waals surface area contributed by atoms with Crippen molar-refractivity contribution in [2.75, 3.05) is 13.1 Å². The molecule has 2 heterocycles. The van der Waals surface area contributed by atoms with Crippen LogP contribution in [0.2, 0.25) is 0 Å². The Labute approximate surface area is 188 Å². The fourth-order valence-corrected chi connectivity index (χ4v) is 5.84. The molecule has 32 heavy (non-hydrogen) atoms. The third-order valence-corrected chi connectivity index (χ3v) is 7.92. The number of fused-ring (bicyclic) bond motifs is 1. The molecule has 0 aliphatic carbocycles. The van der Waals surface area contributed by atoms with E-state index in [2.05, 4.69) is 5.32 Å². The molecule has 1 N–H and O–H groups in total. The zero-order valence-corrected chi connectivity index (χ0v) is 18.9. The molecule has 1 aromatic heterocycles. The second-order valence-corrected chi connectivity index (χ2v) is 10.1. The van der Waals surface area contributed by atoms with Crippen molar-refractivity contribution in [2.24, 2.45) is 0 Å². The average Bonchev–Trinajstić information content (AvgIpc) is 3.22. The number of amides is 1. The van der Waals surface area contributed by atoms with Crippen LogP contribution < -0.4 is 5.32 Å². The van der Waals surface area contributed by atoms with Gasteiger partial charge in [0.05, 0.1) is 4.90 Å². The summed E-state index contributed by atoms with van der Waals surface area (Å²) in [6.07, 6.45) is 5.22. The summed E-state index contributed by atoms with van der Waals surface area (Å²) in [6.45, 7) is 3.29. The molecule has 1 saturated heterocycles. The molecular weight excluding hydrogens is 429 g/mol. The predicted octanol–water partition coefficient (Wildman–Crippen LogP) is 4.22. The molecule has 1 aliphatic rings. The van der Waals surface area contributed by atoms with Crippen molar-refractivity contribution >= 4 is 26.8 Å². The molecule has 3 aromatic rings. The molecule has 1 atom stereocenters. The van der Waals surface area contributed by atoms with Crippen LogP contribution in [0.25, 0.3) is 10.9 Å². The van der Waals surface area contributed by atoms with Gasteiger partial charge in [-0.15, -0.1) is 0 Å². The SMILES string of the molecule is CC[C@H](C(=O)NCc1cccc(F)c1)n1ccc2cc(S(=O)(=O)N3CCCCC3)ccc21. The summed E-state index contributed by atoms with van der Waals surface area (Å²) in [6, 6.07) is 12.6. The van der Waals surface area contributed by atoms with Gasteiger partial charge in [-0.2, -0.15) is 4.31 Å². The van der Waals surface area contributed by atoms with E-state index in [-0.39, 0.29) is 23.2 Å². The molecule has 0 spiro atoms. The van der Waals surface area contributed by atoms with Crippen molar-refractivity contribution in [1.29, 1.82) is 0 Å². The van der Waals surface area contributed by atoms with Crippen LogP contribution in [0.15, 0.2) is 59.6 Å². The van der Waals surface area contributed by atoms with E-state index in [9.17, 15) is 17.6 Å². The van der Waals surface area contributed by atoms with E-state index >= 15 is 0 Å². The molecule has 1 aliphatic heterocycles. The van der Waals surface area contributed by atoms with Gasteiger partial charge in [0.15, 0.2) is 0 Å². The van der Waals surface area contributed by atoms with Crippen LogP contribution >= 0.6 is 0 Å². The van der Waals surface area contributed by atoms with Crippen LogP contribution in [0.1, 0.15) is 44.2 Å². The van der Waals surface area contributed by atoms with Crippen LogP contribution in [0, 0.1) is 5.82 Å². The van der Waals surface area contributed by atoms with E-state index in [1.807, 2.05) is 23.8 Å². The third-order valence-electron chi connectivity index (χ3n) is 6.03. The van der Waals surface area contributed by atoms with Crippen LogP contribution in [-0.2, 0) is 21.4 Å². The number of sulfonamides is 1. The van der Waals surface area contributed by atoms with E-state index in [0.717, 1.165) is 30.2 Å². The quantitative estimate of drug-likeness (QED) is 0.577. The van der Waals surface area contributed by atoms with Gasteiger partial charge in [0.2, 0.25) is 15.9 Å². The minimum atomic E-state index is -3.52. The summed E-state index contributed by atoms with van der Waals surface area (Å²) >= 11 is 0. The standard InChI is InChI=1S/C24H28FN3O3S/c1-2-22(24(29)26-17-18-7-6-8-20(25)15-18)28-14-11-19-16-21(9-10-23(19)28)32(30,31)27-12-4-3-5-13-27/h6-11,14-16,22H,2-5,12-13,17H2,1H3,(H,26,29)/t22-/m1/s1. The molecular formula is C24H28FN3O3S. The monoisotopic (exact) mass is 457 g/mol. The number of nitrogens with zero attached hydrogens (tertiary/aromatic N) is 2. The number of carbonyl (C=O) groups is 1. The number of carbonyl (C=O) groups excluding carboxylic acids is 1. The van der Waals surface area contributed by atoms with Crippen LogP contribution in [-0.4, -0.2) is 36.3 Å². The van der Waals surface area contributed by atoms with Crippen molar-refractivity contribution in [3.05, 3.63) is 66.1 Å². The van der Waals surface area contributed by atoms with E-state index in [1.54, 1.807) is 34.6 Å². The lowest BCUT2D eigenvalue weighted by molar-refractivity contribution is -0.124. The Balaban J connectivity index is 1.54. The van der Waals surface area contributed by atoms with Gasteiger partial charge in [-0.3, -0.25) is 4.79 Å². The van der Waals surface area contributed by atoms with E-state index in [1.165, 1.54) is 12.1 Å². The van der Waals surface area contributed by atoms with E-state index in [4.69, 9.17) is 0 Å². The number of benzene rings is 2. The molecule has 6 nitrogen and oxygen atoms in total. The van der Waals surface area contributed by atoms with Gasteiger partial charge >= 0.3 is 0 Å². The van der Waals surface area contributed by atoms with Gasteiger partial charge in [-0.25, -0.2) is 12.8 Å². The Morgan fingerprint density at radius 3 is 2.59 bits per heavy atom. The molecule has 0 saturated carbocycles. The summed E-state index contributed by atoms with van der Waals surface area (Å²) in [7, 11) is -3.52. The lowest BCUT2D eigenvalue weighted by Crippen LogP contribution is -2.35. The largest absolute Gasteiger partial charge is 0.350 e. The molecule has 4 rings (SSSR count). The van der Waals surface area contributed by atoms with Gasteiger partial charge in [-0.1, -0.05) is 25.5 Å². The fraction of sp³-hybridized carbons (Fsp3) is 0.375. The maximum atomic E-state index is 13.4. The number of piperidine rings is 1. The molecule has 8 heteroatoms.